The number of hydrogen-bond donors (Lipinski definition) is 0. The third-order valence-corrected chi connectivity index (χ3v) is 2.73. The summed E-state index contributed by atoms with van der Waals surface area (Å²) in [5.41, 5.74) is 1.66. The van der Waals surface area contributed by atoms with Crippen LogP contribution >= 0.6 is 0 Å². The van der Waals surface area contributed by atoms with Crippen molar-refractivity contribution in [2.24, 2.45) is 0 Å². The molecule has 0 radical (unpaired) electrons. The van der Waals surface area contributed by atoms with Crippen molar-refractivity contribution in [2.75, 3.05) is 0 Å². The van der Waals surface area contributed by atoms with Crippen LogP contribution in [0.2, 0.25) is 0 Å². The summed E-state index contributed by atoms with van der Waals surface area (Å²) < 4.78 is 17.9. The van der Waals surface area contributed by atoms with Crippen LogP contribution in [0.1, 0.15) is 31.9 Å². The summed E-state index contributed by atoms with van der Waals surface area (Å²) in [6, 6.07) is 7.09. The van der Waals surface area contributed by atoms with Gasteiger partial charge in [-0.1, -0.05) is 6.07 Å². The van der Waals surface area contributed by atoms with E-state index in [9.17, 15) is 9.18 Å². The lowest BCUT2D eigenvalue weighted by atomic mass is 10.1. The normalized spacial score (nSPS) is 11.6. The molecule has 1 aromatic heterocycles. The summed E-state index contributed by atoms with van der Waals surface area (Å²) in [6.45, 7) is 4.98. The minimum atomic E-state index is -0.508. The Kier molecular flexibility index (Phi) is 4.02. The van der Waals surface area contributed by atoms with Crippen molar-refractivity contribution in [2.45, 2.75) is 39.5 Å². The highest BCUT2D eigenvalue weighted by atomic mass is 19.1. The molecule has 0 bridgehead atoms. The van der Waals surface area contributed by atoms with Crippen LogP contribution in [0.15, 0.2) is 30.5 Å². The van der Waals surface area contributed by atoms with Crippen LogP contribution in [0, 0.1) is 0 Å². The van der Waals surface area contributed by atoms with Gasteiger partial charge in [-0.2, -0.15) is 0 Å². The highest BCUT2D eigenvalue weighted by molar-refractivity contribution is 5.81. The lowest BCUT2D eigenvalue weighted by molar-refractivity contribution is -0.153. The number of benzene rings is 1. The van der Waals surface area contributed by atoms with Gasteiger partial charge in [0.25, 0.3) is 0 Å². The Labute approximate surface area is 117 Å². The zero-order valence-electron chi connectivity index (χ0n) is 11.9. The van der Waals surface area contributed by atoms with E-state index in [1.807, 2.05) is 26.8 Å². The first-order valence-electron chi connectivity index (χ1n) is 6.53. The number of esters is 1. The molecule has 0 aliphatic heterocycles. The highest BCUT2D eigenvalue weighted by Gasteiger charge is 2.16. The smallest absolute Gasteiger partial charge is 0.310 e. The summed E-state index contributed by atoms with van der Waals surface area (Å²) >= 11 is 0. The lowest BCUT2D eigenvalue weighted by Crippen LogP contribution is -2.24. The molecule has 1 aromatic carbocycles. The molecule has 4 heteroatoms. The van der Waals surface area contributed by atoms with Crippen LogP contribution in [0.3, 0.4) is 0 Å². The fraction of sp³-hybridized carbons (Fsp3) is 0.375. The van der Waals surface area contributed by atoms with E-state index in [1.54, 1.807) is 24.4 Å². The van der Waals surface area contributed by atoms with Gasteiger partial charge in [0.15, 0.2) is 0 Å². The number of nitrogens with zero attached hydrogens (tertiary/aromatic N) is 1. The SMILES string of the molecule is CC(C)(C)OC(=O)Cc1cnc2ccc(CF)cc2c1. The van der Waals surface area contributed by atoms with Crippen LogP contribution in [0.4, 0.5) is 4.39 Å². The second kappa shape index (κ2) is 5.57. The molecule has 0 N–H and O–H groups in total. The van der Waals surface area contributed by atoms with Gasteiger partial charge in [0.05, 0.1) is 11.9 Å². The average Bonchev–Trinajstić information content (AvgIpc) is 2.35. The minimum absolute atomic E-state index is 0.167. The Hall–Kier alpha value is -1.97. The van der Waals surface area contributed by atoms with Crippen LogP contribution in [0.5, 0.6) is 0 Å². The van der Waals surface area contributed by atoms with Gasteiger partial charge in [-0.05, 0) is 50.1 Å². The average molecular weight is 275 g/mol. The molecule has 0 aliphatic carbocycles. The summed E-state index contributed by atoms with van der Waals surface area (Å²) in [6.07, 6.45) is 1.82. The molecule has 3 nitrogen and oxygen atoms in total. The number of alkyl halides is 1. The molecule has 0 saturated carbocycles. The summed E-state index contributed by atoms with van der Waals surface area (Å²) in [4.78, 5) is 16.1. The van der Waals surface area contributed by atoms with Crippen LogP contribution in [-0.4, -0.2) is 16.6 Å². The van der Waals surface area contributed by atoms with E-state index >= 15 is 0 Å². The van der Waals surface area contributed by atoms with Gasteiger partial charge in [0, 0.05) is 11.6 Å². The monoisotopic (exact) mass is 275 g/mol. The van der Waals surface area contributed by atoms with Crippen molar-refractivity contribution in [3.05, 3.63) is 41.6 Å². The summed E-state index contributed by atoms with van der Waals surface area (Å²) in [5, 5.41) is 0.834. The Morgan fingerprint density at radius 2 is 1.95 bits per heavy atom. The molecular weight excluding hydrogens is 257 g/mol. The molecule has 2 aromatic rings. The summed E-state index contributed by atoms with van der Waals surface area (Å²) in [5.74, 6) is -0.291. The number of rotatable bonds is 3. The Bertz CT molecular complexity index is 632. The second-order valence-electron chi connectivity index (χ2n) is 5.77. The van der Waals surface area contributed by atoms with Gasteiger partial charge in [0.2, 0.25) is 0 Å². The molecule has 0 unspecified atom stereocenters. The zero-order valence-corrected chi connectivity index (χ0v) is 11.9. The van der Waals surface area contributed by atoms with E-state index in [1.165, 1.54) is 0 Å². The number of halogens is 1. The standard InChI is InChI=1S/C16H18FNO2/c1-16(2,3)20-15(19)8-12-7-13-6-11(9-17)4-5-14(13)18-10-12/h4-7,10H,8-9H2,1-3H3. The predicted molar refractivity (Wildman–Crippen MR) is 76.1 cm³/mol. The number of ether oxygens (including phenoxy) is 1. The second-order valence-corrected chi connectivity index (χ2v) is 5.77. The maximum Gasteiger partial charge on any atom is 0.310 e. The van der Waals surface area contributed by atoms with Crippen molar-refractivity contribution in [3.63, 3.8) is 0 Å². The maximum atomic E-state index is 12.7. The topological polar surface area (TPSA) is 39.2 Å². The molecule has 1 heterocycles. The first-order chi connectivity index (χ1) is 9.37. The van der Waals surface area contributed by atoms with Gasteiger partial charge < -0.3 is 4.74 Å². The number of pyridine rings is 1. The molecule has 2 rings (SSSR count). The molecule has 0 fully saturated rings. The number of carbonyl (C=O) groups excluding carboxylic acids is 1. The van der Waals surface area contributed by atoms with Crippen molar-refractivity contribution in [1.82, 2.24) is 4.98 Å². The molecular formula is C16H18FNO2. The quantitative estimate of drug-likeness (QED) is 0.804. The number of hydrogen-bond acceptors (Lipinski definition) is 3. The molecule has 0 amide bonds. The number of fused-ring (bicyclic) bond motifs is 1. The third-order valence-electron chi connectivity index (χ3n) is 2.73. The minimum Gasteiger partial charge on any atom is -0.460 e. The van der Waals surface area contributed by atoms with E-state index in [0.717, 1.165) is 16.5 Å². The van der Waals surface area contributed by atoms with Gasteiger partial charge in [-0.25, -0.2) is 4.39 Å². The van der Waals surface area contributed by atoms with Crippen molar-refractivity contribution >= 4 is 16.9 Å². The van der Waals surface area contributed by atoms with E-state index in [-0.39, 0.29) is 12.4 Å². The fourth-order valence-electron chi connectivity index (χ4n) is 1.95. The van der Waals surface area contributed by atoms with Gasteiger partial charge >= 0.3 is 5.97 Å². The maximum absolute atomic E-state index is 12.7. The highest BCUT2D eigenvalue weighted by Crippen LogP contribution is 2.17. The van der Waals surface area contributed by atoms with E-state index in [0.29, 0.717) is 5.56 Å². The van der Waals surface area contributed by atoms with Crippen molar-refractivity contribution in [1.29, 1.82) is 0 Å². The van der Waals surface area contributed by atoms with Crippen molar-refractivity contribution < 1.29 is 13.9 Å². The molecule has 0 spiro atoms. The molecule has 106 valence electrons. The zero-order chi connectivity index (χ0) is 14.8. The van der Waals surface area contributed by atoms with Crippen LogP contribution < -0.4 is 0 Å². The molecule has 0 atom stereocenters. The Morgan fingerprint density at radius 1 is 1.25 bits per heavy atom. The third kappa shape index (κ3) is 3.76. The van der Waals surface area contributed by atoms with Gasteiger partial charge in [-0.15, -0.1) is 0 Å². The van der Waals surface area contributed by atoms with E-state index in [2.05, 4.69) is 4.98 Å². The molecule has 0 aliphatic rings. The molecule has 0 saturated heterocycles. The first-order valence-corrected chi connectivity index (χ1v) is 6.53. The summed E-state index contributed by atoms with van der Waals surface area (Å²) in [7, 11) is 0. The number of carbonyl (C=O) groups is 1. The van der Waals surface area contributed by atoms with Crippen molar-refractivity contribution in [3.8, 4) is 0 Å². The Balaban J connectivity index is 2.20. The lowest BCUT2D eigenvalue weighted by Gasteiger charge is -2.19. The predicted octanol–water partition coefficient (Wildman–Crippen LogP) is 3.59. The van der Waals surface area contributed by atoms with E-state index < -0.39 is 12.3 Å². The van der Waals surface area contributed by atoms with E-state index in [4.69, 9.17) is 4.74 Å². The Morgan fingerprint density at radius 3 is 2.60 bits per heavy atom. The van der Waals surface area contributed by atoms with Gasteiger partial charge in [-0.3, -0.25) is 9.78 Å². The van der Waals surface area contributed by atoms with Crippen LogP contribution in [0.25, 0.3) is 10.9 Å². The molecule has 20 heavy (non-hydrogen) atoms. The first kappa shape index (κ1) is 14.4. The van der Waals surface area contributed by atoms with Gasteiger partial charge in [0.1, 0.15) is 12.3 Å². The fourth-order valence-corrected chi connectivity index (χ4v) is 1.95. The largest absolute Gasteiger partial charge is 0.460 e. The number of aromatic nitrogens is 1. The van der Waals surface area contributed by atoms with Crippen LogP contribution in [-0.2, 0) is 22.6 Å².